The molecule has 0 saturated heterocycles. The van der Waals surface area contributed by atoms with E-state index in [4.69, 9.17) is 0 Å². The number of aryl methyl sites for hydroxylation is 1. The van der Waals surface area contributed by atoms with E-state index in [0.717, 1.165) is 23.0 Å². The molecule has 25 heavy (non-hydrogen) atoms. The Morgan fingerprint density at radius 1 is 1.00 bits per heavy atom. The van der Waals surface area contributed by atoms with E-state index < -0.39 is 11.6 Å². The summed E-state index contributed by atoms with van der Waals surface area (Å²) in [7, 11) is 0. The van der Waals surface area contributed by atoms with Crippen LogP contribution in [0.25, 0.3) is 0 Å². The van der Waals surface area contributed by atoms with Crippen molar-refractivity contribution in [1.82, 2.24) is 15.0 Å². The minimum atomic E-state index is -0.653. The van der Waals surface area contributed by atoms with E-state index in [1.807, 2.05) is 32.0 Å². The molecule has 0 aliphatic carbocycles. The van der Waals surface area contributed by atoms with Crippen molar-refractivity contribution < 1.29 is 8.78 Å². The van der Waals surface area contributed by atoms with Gasteiger partial charge in [0, 0.05) is 29.2 Å². The molecule has 1 aromatic carbocycles. The molecule has 5 nitrogen and oxygen atoms in total. The smallest absolute Gasteiger partial charge is 0.225 e. The van der Waals surface area contributed by atoms with Gasteiger partial charge in [-0.2, -0.15) is 4.98 Å². The van der Waals surface area contributed by atoms with Crippen LogP contribution in [0.3, 0.4) is 0 Å². The second-order valence-corrected chi connectivity index (χ2v) is 5.56. The van der Waals surface area contributed by atoms with Gasteiger partial charge in [-0.1, -0.05) is 6.07 Å². The Balaban J connectivity index is 1.82. The zero-order chi connectivity index (χ0) is 17.8. The lowest BCUT2D eigenvalue weighted by molar-refractivity contribution is 0.584. The molecule has 2 heterocycles. The summed E-state index contributed by atoms with van der Waals surface area (Å²) < 4.78 is 26.7. The van der Waals surface area contributed by atoms with Crippen molar-refractivity contribution >= 4 is 17.5 Å². The number of halogens is 2. The summed E-state index contributed by atoms with van der Waals surface area (Å²) in [5.41, 5.74) is 2.70. The Morgan fingerprint density at radius 3 is 2.44 bits per heavy atom. The maximum Gasteiger partial charge on any atom is 0.225 e. The molecular formula is C18H17F2N5. The summed E-state index contributed by atoms with van der Waals surface area (Å²) >= 11 is 0. The lowest BCUT2D eigenvalue weighted by Crippen LogP contribution is -2.09. The average Bonchev–Trinajstić information content (AvgIpc) is 2.57. The summed E-state index contributed by atoms with van der Waals surface area (Å²) in [5, 5.41) is 6.05. The summed E-state index contributed by atoms with van der Waals surface area (Å²) in [6, 6.07) is 8.88. The number of anilines is 3. The lowest BCUT2D eigenvalue weighted by Gasteiger charge is -2.13. The maximum atomic E-state index is 13.4. The van der Waals surface area contributed by atoms with Gasteiger partial charge in [-0.3, -0.25) is 4.98 Å². The van der Waals surface area contributed by atoms with Gasteiger partial charge >= 0.3 is 0 Å². The molecule has 128 valence electrons. The molecule has 3 rings (SSSR count). The molecule has 0 radical (unpaired) electrons. The van der Waals surface area contributed by atoms with Crippen molar-refractivity contribution in [2.75, 3.05) is 10.6 Å². The molecule has 0 fully saturated rings. The van der Waals surface area contributed by atoms with Crippen molar-refractivity contribution in [3.63, 3.8) is 0 Å². The fourth-order valence-electron chi connectivity index (χ4n) is 2.26. The van der Waals surface area contributed by atoms with Crippen molar-refractivity contribution in [2.24, 2.45) is 0 Å². The van der Waals surface area contributed by atoms with Crippen LogP contribution in [0, 0.1) is 25.5 Å². The Morgan fingerprint density at radius 2 is 1.76 bits per heavy atom. The van der Waals surface area contributed by atoms with E-state index >= 15 is 0 Å². The van der Waals surface area contributed by atoms with Gasteiger partial charge in [0.1, 0.15) is 17.5 Å². The third-order valence-corrected chi connectivity index (χ3v) is 3.67. The van der Waals surface area contributed by atoms with Crippen LogP contribution in [0.5, 0.6) is 0 Å². The van der Waals surface area contributed by atoms with E-state index in [0.29, 0.717) is 18.3 Å². The lowest BCUT2D eigenvalue weighted by atomic mass is 10.2. The van der Waals surface area contributed by atoms with Gasteiger partial charge in [0.05, 0.1) is 12.2 Å². The van der Waals surface area contributed by atoms with Crippen molar-refractivity contribution in [3.8, 4) is 0 Å². The van der Waals surface area contributed by atoms with E-state index in [9.17, 15) is 8.78 Å². The SMILES string of the molecule is Cc1nc(NCc2ccccn2)nc(Nc2cc(F)cc(F)c2)c1C. The van der Waals surface area contributed by atoms with Crippen LogP contribution in [-0.2, 0) is 6.54 Å². The van der Waals surface area contributed by atoms with Gasteiger partial charge < -0.3 is 10.6 Å². The topological polar surface area (TPSA) is 62.7 Å². The van der Waals surface area contributed by atoms with Crippen LogP contribution in [0.15, 0.2) is 42.6 Å². The first-order valence-electron chi connectivity index (χ1n) is 7.73. The van der Waals surface area contributed by atoms with Gasteiger partial charge in [0.2, 0.25) is 5.95 Å². The second-order valence-electron chi connectivity index (χ2n) is 5.56. The van der Waals surface area contributed by atoms with Gasteiger partial charge in [0.25, 0.3) is 0 Å². The average molecular weight is 341 g/mol. The minimum absolute atomic E-state index is 0.286. The predicted molar refractivity (Wildman–Crippen MR) is 92.7 cm³/mol. The highest BCUT2D eigenvalue weighted by Gasteiger charge is 2.10. The van der Waals surface area contributed by atoms with E-state index in [2.05, 4.69) is 25.6 Å². The van der Waals surface area contributed by atoms with Crippen LogP contribution >= 0.6 is 0 Å². The Bertz CT molecular complexity index is 864. The standard InChI is InChI=1S/C18H17F2N5/c1-11-12(2)23-18(22-10-15-5-3-4-6-21-15)25-17(11)24-16-8-13(19)7-14(20)9-16/h3-9H,10H2,1-2H3,(H2,22,23,24,25). The number of hydrogen-bond donors (Lipinski definition) is 2. The molecule has 3 aromatic rings. The van der Waals surface area contributed by atoms with Crippen molar-refractivity contribution in [2.45, 2.75) is 20.4 Å². The minimum Gasteiger partial charge on any atom is -0.349 e. The zero-order valence-corrected chi connectivity index (χ0v) is 13.8. The Kier molecular flexibility index (Phi) is 4.83. The molecule has 0 bridgehead atoms. The highest BCUT2D eigenvalue weighted by molar-refractivity contribution is 5.61. The first-order valence-corrected chi connectivity index (χ1v) is 7.73. The molecule has 0 atom stereocenters. The number of pyridine rings is 1. The van der Waals surface area contributed by atoms with Crippen LogP contribution in [0.4, 0.5) is 26.2 Å². The molecule has 0 aliphatic rings. The Labute approximate surface area is 144 Å². The monoisotopic (exact) mass is 341 g/mol. The number of benzene rings is 1. The number of rotatable bonds is 5. The summed E-state index contributed by atoms with van der Waals surface area (Å²) in [6.07, 6.45) is 1.71. The van der Waals surface area contributed by atoms with Gasteiger partial charge in [-0.25, -0.2) is 13.8 Å². The van der Waals surface area contributed by atoms with E-state index in [-0.39, 0.29) is 5.69 Å². The molecular weight excluding hydrogens is 324 g/mol. The second kappa shape index (κ2) is 7.21. The fourth-order valence-corrected chi connectivity index (χ4v) is 2.26. The number of nitrogens with zero attached hydrogens (tertiary/aromatic N) is 3. The van der Waals surface area contributed by atoms with E-state index in [1.165, 1.54) is 12.1 Å². The molecule has 0 amide bonds. The largest absolute Gasteiger partial charge is 0.349 e. The molecule has 0 aliphatic heterocycles. The quantitative estimate of drug-likeness (QED) is 0.731. The van der Waals surface area contributed by atoms with Crippen molar-refractivity contribution in [3.05, 3.63) is 71.2 Å². The van der Waals surface area contributed by atoms with Crippen LogP contribution in [-0.4, -0.2) is 15.0 Å². The number of nitrogens with one attached hydrogen (secondary N) is 2. The third kappa shape index (κ3) is 4.26. The molecule has 2 N–H and O–H groups in total. The van der Waals surface area contributed by atoms with Gasteiger partial charge in [-0.15, -0.1) is 0 Å². The Hall–Kier alpha value is -3.09. The summed E-state index contributed by atoms with van der Waals surface area (Å²) in [6.45, 7) is 4.16. The molecule has 7 heteroatoms. The number of aromatic nitrogens is 3. The van der Waals surface area contributed by atoms with Crippen molar-refractivity contribution in [1.29, 1.82) is 0 Å². The van der Waals surface area contributed by atoms with Gasteiger partial charge in [0.15, 0.2) is 0 Å². The first-order chi connectivity index (χ1) is 12.0. The summed E-state index contributed by atoms with van der Waals surface area (Å²) in [4.78, 5) is 13.0. The molecule has 0 unspecified atom stereocenters. The van der Waals surface area contributed by atoms with Gasteiger partial charge in [-0.05, 0) is 38.1 Å². The first kappa shape index (κ1) is 16.8. The normalized spacial score (nSPS) is 10.6. The molecule has 0 spiro atoms. The number of hydrogen-bond acceptors (Lipinski definition) is 5. The fraction of sp³-hybridized carbons (Fsp3) is 0.167. The van der Waals surface area contributed by atoms with Crippen LogP contribution in [0.2, 0.25) is 0 Å². The van der Waals surface area contributed by atoms with E-state index in [1.54, 1.807) is 6.20 Å². The maximum absolute atomic E-state index is 13.4. The summed E-state index contributed by atoms with van der Waals surface area (Å²) in [5.74, 6) is -0.409. The van der Waals surface area contributed by atoms with Crippen LogP contribution in [0.1, 0.15) is 17.0 Å². The predicted octanol–water partition coefficient (Wildman–Crippen LogP) is 4.12. The zero-order valence-electron chi connectivity index (χ0n) is 13.8. The highest BCUT2D eigenvalue weighted by Crippen LogP contribution is 2.23. The third-order valence-electron chi connectivity index (χ3n) is 3.67. The molecule has 2 aromatic heterocycles. The molecule has 0 saturated carbocycles. The highest BCUT2D eigenvalue weighted by atomic mass is 19.1. The van der Waals surface area contributed by atoms with Crippen LogP contribution < -0.4 is 10.6 Å².